The monoisotopic (exact) mass is 427 g/mol. The van der Waals surface area contributed by atoms with Gasteiger partial charge < -0.3 is 9.15 Å². The van der Waals surface area contributed by atoms with Crippen molar-refractivity contribution in [3.63, 3.8) is 0 Å². The summed E-state index contributed by atoms with van der Waals surface area (Å²) in [6.45, 7) is 1.01. The topological polar surface area (TPSA) is 85.5 Å². The lowest BCUT2D eigenvalue weighted by atomic mass is 10.1. The predicted molar refractivity (Wildman–Crippen MR) is 113 cm³/mol. The molecule has 0 aliphatic carbocycles. The number of nitrogens with zero attached hydrogens (tertiary/aromatic N) is 3. The van der Waals surface area contributed by atoms with Gasteiger partial charge in [-0.2, -0.15) is 0 Å². The van der Waals surface area contributed by atoms with Gasteiger partial charge in [0, 0.05) is 12.6 Å². The van der Waals surface area contributed by atoms with Crippen LogP contribution in [0.1, 0.15) is 29.3 Å². The van der Waals surface area contributed by atoms with Crippen LogP contribution in [0.5, 0.6) is 5.75 Å². The molecule has 0 bridgehead atoms. The highest BCUT2D eigenvalue weighted by molar-refractivity contribution is 7.91. The molecule has 0 N–H and O–H groups in total. The minimum atomic E-state index is -3.00. The normalized spacial score (nSPS) is 18.0. The Morgan fingerprint density at radius 1 is 1.00 bits per heavy atom. The van der Waals surface area contributed by atoms with E-state index in [4.69, 9.17) is 9.15 Å². The third-order valence-corrected chi connectivity index (χ3v) is 7.07. The van der Waals surface area contributed by atoms with Crippen molar-refractivity contribution < 1.29 is 17.6 Å². The van der Waals surface area contributed by atoms with E-state index in [9.17, 15) is 8.42 Å². The van der Waals surface area contributed by atoms with Gasteiger partial charge in [0.1, 0.15) is 5.75 Å². The second-order valence-electron chi connectivity index (χ2n) is 7.56. The van der Waals surface area contributed by atoms with Crippen molar-refractivity contribution in [3.05, 3.63) is 77.5 Å². The van der Waals surface area contributed by atoms with Crippen LogP contribution < -0.4 is 4.74 Å². The average molecular weight is 428 g/mol. The molecule has 1 unspecified atom stereocenters. The molecule has 0 saturated carbocycles. The third-order valence-electron chi connectivity index (χ3n) is 5.31. The number of benzene rings is 2. The summed E-state index contributed by atoms with van der Waals surface area (Å²) in [7, 11) is -1.37. The molecule has 2 heterocycles. The lowest BCUT2D eigenvalue weighted by Gasteiger charge is -2.26. The summed E-state index contributed by atoms with van der Waals surface area (Å²) in [6, 6.07) is 17.7. The zero-order chi connectivity index (χ0) is 21.0. The zero-order valence-electron chi connectivity index (χ0n) is 16.9. The fourth-order valence-electron chi connectivity index (χ4n) is 3.71. The van der Waals surface area contributed by atoms with Crippen LogP contribution in [0.4, 0.5) is 0 Å². The molecule has 158 valence electrons. The van der Waals surface area contributed by atoms with Crippen molar-refractivity contribution in [2.24, 2.45) is 0 Å². The first-order valence-corrected chi connectivity index (χ1v) is 11.8. The molecule has 1 fully saturated rings. The maximum atomic E-state index is 12.0. The predicted octanol–water partition coefficient (Wildman–Crippen LogP) is 2.86. The van der Waals surface area contributed by atoms with E-state index in [0.717, 1.165) is 16.9 Å². The molecule has 0 radical (unpaired) electrons. The van der Waals surface area contributed by atoms with E-state index < -0.39 is 9.84 Å². The Balaban J connectivity index is 1.49. The Kier molecular flexibility index (Phi) is 6.15. The van der Waals surface area contributed by atoms with Crippen LogP contribution in [0, 0.1) is 0 Å². The van der Waals surface area contributed by atoms with Crippen molar-refractivity contribution in [1.29, 1.82) is 0 Å². The zero-order valence-corrected chi connectivity index (χ0v) is 17.7. The summed E-state index contributed by atoms with van der Waals surface area (Å²) in [5.41, 5.74) is 2.17. The first-order valence-electron chi connectivity index (χ1n) is 9.93. The standard InChI is InChI=1S/C22H25N3O4S/c1-28-20-9-7-18(8-10-20)14-25(19-11-12-30(26,27)16-19)15-22-24-23-21(29-22)13-17-5-3-2-4-6-17/h2-10,19H,11-16H2,1H3. The molecule has 3 aromatic rings. The van der Waals surface area contributed by atoms with Crippen LogP contribution in [0.2, 0.25) is 0 Å². The van der Waals surface area contributed by atoms with E-state index >= 15 is 0 Å². The smallest absolute Gasteiger partial charge is 0.230 e. The Labute approximate surface area is 176 Å². The maximum Gasteiger partial charge on any atom is 0.230 e. The van der Waals surface area contributed by atoms with Crippen molar-refractivity contribution in [2.45, 2.75) is 32.0 Å². The van der Waals surface area contributed by atoms with Crippen LogP contribution in [0.15, 0.2) is 59.0 Å². The molecule has 1 atom stereocenters. The first-order chi connectivity index (χ1) is 14.5. The summed E-state index contributed by atoms with van der Waals surface area (Å²) in [4.78, 5) is 2.12. The molecule has 4 rings (SSSR count). The summed E-state index contributed by atoms with van der Waals surface area (Å²) in [5, 5.41) is 8.37. The Hall–Kier alpha value is -2.71. The van der Waals surface area contributed by atoms with Crippen molar-refractivity contribution in [3.8, 4) is 5.75 Å². The average Bonchev–Trinajstić information content (AvgIpc) is 3.34. The second kappa shape index (κ2) is 8.97. The molecule has 0 spiro atoms. The third kappa shape index (κ3) is 5.25. The fourth-order valence-corrected chi connectivity index (χ4v) is 5.47. The molecule has 2 aromatic carbocycles. The summed E-state index contributed by atoms with van der Waals surface area (Å²) >= 11 is 0. The van der Waals surface area contributed by atoms with Crippen LogP contribution in [-0.2, 0) is 29.3 Å². The molecule has 1 aromatic heterocycles. The molecule has 0 amide bonds. The van der Waals surface area contributed by atoms with Gasteiger partial charge in [0.05, 0.1) is 31.6 Å². The maximum absolute atomic E-state index is 12.0. The van der Waals surface area contributed by atoms with Gasteiger partial charge in [0.2, 0.25) is 11.8 Å². The van der Waals surface area contributed by atoms with E-state index in [2.05, 4.69) is 15.1 Å². The molecule has 1 aliphatic heterocycles. The molecule has 30 heavy (non-hydrogen) atoms. The van der Waals surface area contributed by atoms with Crippen LogP contribution in [-0.4, -0.2) is 48.2 Å². The van der Waals surface area contributed by atoms with Gasteiger partial charge in [-0.15, -0.1) is 10.2 Å². The summed E-state index contributed by atoms with van der Waals surface area (Å²) < 4.78 is 35.2. The van der Waals surface area contributed by atoms with Crippen LogP contribution in [0.25, 0.3) is 0 Å². The largest absolute Gasteiger partial charge is 0.497 e. The van der Waals surface area contributed by atoms with Gasteiger partial charge in [-0.25, -0.2) is 8.42 Å². The van der Waals surface area contributed by atoms with Crippen molar-refractivity contribution >= 4 is 9.84 Å². The van der Waals surface area contributed by atoms with Crippen LogP contribution >= 0.6 is 0 Å². The highest BCUT2D eigenvalue weighted by Gasteiger charge is 2.33. The van der Waals surface area contributed by atoms with E-state index in [-0.39, 0.29) is 17.5 Å². The summed E-state index contributed by atoms with van der Waals surface area (Å²) in [5.74, 6) is 2.23. The Morgan fingerprint density at radius 2 is 1.73 bits per heavy atom. The lowest BCUT2D eigenvalue weighted by Crippen LogP contribution is -2.35. The molecule has 7 nitrogen and oxygen atoms in total. The molecule has 1 saturated heterocycles. The van der Waals surface area contributed by atoms with Gasteiger partial charge in [-0.3, -0.25) is 4.90 Å². The van der Waals surface area contributed by atoms with Gasteiger partial charge in [-0.05, 0) is 29.7 Å². The highest BCUT2D eigenvalue weighted by Crippen LogP contribution is 2.23. The SMILES string of the molecule is COc1ccc(CN(Cc2nnc(Cc3ccccc3)o2)C2CCS(=O)(=O)C2)cc1. The number of rotatable bonds is 8. The molecular weight excluding hydrogens is 402 g/mol. The number of hydrogen-bond acceptors (Lipinski definition) is 7. The molecular formula is C22H25N3O4S. The minimum absolute atomic E-state index is 0.0680. The van der Waals surface area contributed by atoms with Gasteiger partial charge in [0.25, 0.3) is 0 Å². The Bertz CT molecular complexity index is 1070. The van der Waals surface area contributed by atoms with Gasteiger partial charge in [0.15, 0.2) is 9.84 Å². The van der Waals surface area contributed by atoms with E-state index in [1.807, 2.05) is 54.6 Å². The number of methoxy groups -OCH3 is 1. The van der Waals surface area contributed by atoms with Gasteiger partial charge in [-0.1, -0.05) is 42.5 Å². The quantitative estimate of drug-likeness (QED) is 0.546. The first kappa shape index (κ1) is 20.6. The van der Waals surface area contributed by atoms with Crippen molar-refractivity contribution in [1.82, 2.24) is 15.1 Å². The van der Waals surface area contributed by atoms with Gasteiger partial charge >= 0.3 is 0 Å². The highest BCUT2D eigenvalue weighted by atomic mass is 32.2. The van der Waals surface area contributed by atoms with Crippen molar-refractivity contribution in [2.75, 3.05) is 18.6 Å². The number of ether oxygens (including phenoxy) is 1. The number of hydrogen-bond donors (Lipinski definition) is 0. The second-order valence-corrected chi connectivity index (χ2v) is 9.79. The summed E-state index contributed by atoms with van der Waals surface area (Å²) in [6.07, 6.45) is 1.19. The lowest BCUT2D eigenvalue weighted by molar-refractivity contribution is 0.175. The van der Waals surface area contributed by atoms with Crippen LogP contribution in [0.3, 0.4) is 0 Å². The Morgan fingerprint density at radius 3 is 2.40 bits per heavy atom. The van der Waals surface area contributed by atoms with E-state index in [1.54, 1.807) is 7.11 Å². The fraction of sp³-hybridized carbons (Fsp3) is 0.364. The minimum Gasteiger partial charge on any atom is -0.497 e. The van der Waals surface area contributed by atoms with E-state index in [0.29, 0.717) is 37.7 Å². The molecule has 8 heteroatoms. The molecule has 1 aliphatic rings. The number of sulfone groups is 1. The van der Waals surface area contributed by atoms with E-state index in [1.165, 1.54) is 0 Å². The number of aromatic nitrogens is 2.